The highest BCUT2D eigenvalue weighted by Crippen LogP contribution is 2.27. The molecular formula is C17H24FN3O2. The van der Waals surface area contributed by atoms with Crippen molar-refractivity contribution >= 4 is 5.91 Å². The van der Waals surface area contributed by atoms with Crippen molar-refractivity contribution in [3.63, 3.8) is 0 Å². The number of hydrogen-bond acceptors (Lipinski definition) is 4. The van der Waals surface area contributed by atoms with Gasteiger partial charge in [-0.3, -0.25) is 9.69 Å². The van der Waals surface area contributed by atoms with Gasteiger partial charge in [-0.05, 0) is 36.6 Å². The van der Waals surface area contributed by atoms with Gasteiger partial charge in [0.05, 0.1) is 13.2 Å². The molecule has 2 N–H and O–H groups in total. The zero-order valence-electron chi connectivity index (χ0n) is 13.3. The highest BCUT2D eigenvalue weighted by atomic mass is 19.1. The fourth-order valence-corrected chi connectivity index (χ4v) is 3.42. The van der Waals surface area contributed by atoms with E-state index < -0.39 is 6.04 Å². The van der Waals surface area contributed by atoms with Crippen LogP contribution < -0.4 is 5.73 Å². The van der Waals surface area contributed by atoms with Crippen LogP contribution >= 0.6 is 0 Å². The van der Waals surface area contributed by atoms with Crippen molar-refractivity contribution in [2.24, 2.45) is 11.7 Å². The molecule has 0 spiro atoms. The first-order chi connectivity index (χ1) is 11.2. The largest absolute Gasteiger partial charge is 0.379 e. The summed E-state index contributed by atoms with van der Waals surface area (Å²) < 4.78 is 19.1. The lowest BCUT2D eigenvalue weighted by molar-refractivity contribution is -0.138. The average molecular weight is 321 g/mol. The smallest absolute Gasteiger partial charge is 0.244 e. The van der Waals surface area contributed by atoms with Crippen molar-refractivity contribution in [1.82, 2.24) is 9.80 Å². The molecule has 1 amide bonds. The Kier molecular flexibility index (Phi) is 5.25. The Labute approximate surface area is 136 Å². The number of morpholine rings is 1. The van der Waals surface area contributed by atoms with E-state index in [1.54, 1.807) is 6.07 Å². The minimum atomic E-state index is -0.439. The average Bonchev–Trinajstić information content (AvgIpc) is 3.05. The minimum absolute atomic E-state index is 0.0495. The number of carbonyl (C=O) groups is 1. The van der Waals surface area contributed by atoms with E-state index in [9.17, 15) is 9.18 Å². The maximum atomic E-state index is 13.7. The summed E-state index contributed by atoms with van der Waals surface area (Å²) in [7, 11) is 0. The van der Waals surface area contributed by atoms with Gasteiger partial charge in [0.2, 0.25) is 5.91 Å². The summed E-state index contributed by atoms with van der Waals surface area (Å²) in [4.78, 5) is 17.1. The molecule has 0 saturated carbocycles. The molecule has 2 aliphatic heterocycles. The van der Waals surface area contributed by atoms with Crippen LogP contribution in [0.3, 0.4) is 0 Å². The van der Waals surface area contributed by atoms with Gasteiger partial charge in [-0.2, -0.15) is 0 Å². The molecule has 0 aliphatic carbocycles. The highest BCUT2D eigenvalue weighted by Gasteiger charge is 2.35. The first-order valence-corrected chi connectivity index (χ1v) is 8.25. The van der Waals surface area contributed by atoms with E-state index in [2.05, 4.69) is 4.90 Å². The zero-order valence-corrected chi connectivity index (χ0v) is 13.3. The summed E-state index contributed by atoms with van der Waals surface area (Å²) >= 11 is 0. The summed E-state index contributed by atoms with van der Waals surface area (Å²) in [5.41, 5.74) is 6.45. The van der Waals surface area contributed by atoms with Crippen LogP contribution in [-0.4, -0.2) is 61.6 Å². The standard InChI is InChI=1S/C17H24FN3O2/c18-15-3-1-2-14(10-15)16(20-6-8-23-9-7-20)17(22)21-5-4-13(11-19)12-21/h1-3,10,13,16H,4-9,11-12,19H2/t13-,16-/m1/s1. The van der Waals surface area contributed by atoms with Crippen LogP contribution in [0.4, 0.5) is 4.39 Å². The molecule has 6 heteroatoms. The molecular weight excluding hydrogens is 297 g/mol. The van der Waals surface area contributed by atoms with Gasteiger partial charge in [-0.1, -0.05) is 12.1 Å². The van der Waals surface area contributed by atoms with E-state index in [4.69, 9.17) is 10.5 Å². The molecule has 23 heavy (non-hydrogen) atoms. The number of rotatable bonds is 4. The van der Waals surface area contributed by atoms with Crippen LogP contribution in [0.5, 0.6) is 0 Å². The molecule has 2 atom stereocenters. The molecule has 0 aromatic heterocycles. The normalized spacial score (nSPS) is 23.9. The van der Waals surface area contributed by atoms with Gasteiger partial charge in [0.25, 0.3) is 0 Å². The van der Waals surface area contributed by atoms with E-state index >= 15 is 0 Å². The second-order valence-electron chi connectivity index (χ2n) is 6.28. The summed E-state index contributed by atoms with van der Waals surface area (Å²) in [5.74, 6) is 0.111. The number of benzene rings is 1. The topological polar surface area (TPSA) is 58.8 Å². The number of carbonyl (C=O) groups excluding carboxylic acids is 1. The second-order valence-corrected chi connectivity index (χ2v) is 6.28. The first kappa shape index (κ1) is 16.4. The fourth-order valence-electron chi connectivity index (χ4n) is 3.42. The summed E-state index contributed by atoms with van der Waals surface area (Å²) in [6.45, 7) is 4.60. The third-order valence-corrected chi connectivity index (χ3v) is 4.74. The summed E-state index contributed by atoms with van der Waals surface area (Å²) in [6, 6.07) is 5.93. The molecule has 2 heterocycles. The van der Waals surface area contributed by atoms with Gasteiger partial charge in [0.15, 0.2) is 0 Å². The third-order valence-electron chi connectivity index (χ3n) is 4.74. The number of halogens is 1. The van der Waals surface area contributed by atoms with Gasteiger partial charge in [-0.25, -0.2) is 4.39 Å². The quantitative estimate of drug-likeness (QED) is 0.899. The van der Waals surface area contributed by atoms with Crippen LogP contribution in [0.25, 0.3) is 0 Å². The van der Waals surface area contributed by atoms with Crippen LogP contribution in [0.1, 0.15) is 18.0 Å². The van der Waals surface area contributed by atoms with Crippen molar-refractivity contribution < 1.29 is 13.9 Å². The molecule has 126 valence electrons. The lowest BCUT2D eigenvalue weighted by atomic mass is 10.0. The van der Waals surface area contributed by atoms with Crippen LogP contribution in [-0.2, 0) is 9.53 Å². The van der Waals surface area contributed by atoms with Crippen LogP contribution in [0, 0.1) is 11.7 Å². The zero-order chi connectivity index (χ0) is 16.2. The van der Waals surface area contributed by atoms with Crippen LogP contribution in [0.15, 0.2) is 24.3 Å². The molecule has 0 radical (unpaired) electrons. The van der Waals surface area contributed by atoms with Crippen molar-refractivity contribution in [3.05, 3.63) is 35.6 Å². The van der Waals surface area contributed by atoms with Crippen molar-refractivity contribution in [2.45, 2.75) is 12.5 Å². The second kappa shape index (κ2) is 7.38. The van der Waals surface area contributed by atoms with E-state index in [0.29, 0.717) is 50.9 Å². The van der Waals surface area contributed by atoms with Gasteiger partial charge in [0.1, 0.15) is 11.9 Å². The Morgan fingerprint density at radius 3 is 2.78 bits per heavy atom. The Morgan fingerprint density at radius 1 is 1.35 bits per heavy atom. The molecule has 2 aliphatic rings. The molecule has 2 saturated heterocycles. The van der Waals surface area contributed by atoms with Crippen molar-refractivity contribution in [2.75, 3.05) is 45.9 Å². The van der Waals surface area contributed by atoms with Gasteiger partial charge < -0.3 is 15.4 Å². The highest BCUT2D eigenvalue weighted by molar-refractivity contribution is 5.83. The summed E-state index contributed by atoms with van der Waals surface area (Å²) in [5, 5.41) is 0. The van der Waals surface area contributed by atoms with E-state index in [0.717, 1.165) is 13.0 Å². The SMILES string of the molecule is NC[C@H]1CCN(C(=O)[C@@H](c2cccc(F)c2)N2CCOCC2)C1. The molecule has 0 unspecified atom stereocenters. The number of nitrogens with zero attached hydrogens (tertiary/aromatic N) is 2. The number of likely N-dealkylation sites (tertiary alicyclic amines) is 1. The first-order valence-electron chi connectivity index (χ1n) is 8.25. The third kappa shape index (κ3) is 3.71. The number of amides is 1. The Balaban J connectivity index is 1.84. The number of ether oxygens (including phenoxy) is 1. The number of hydrogen-bond donors (Lipinski definition) is 1. The van der Waals surface area contributed by atoms with Crippen molar-refractivity contribution in [3.8, 4) is 0 Å². The monoisotopic (exact) mass is 321 g/mol. The minimum Gasteiger partial charge on any atom is -0.379 e. The van der Waals surface area contributed by atoms with E-state index in [1.165, 1.54) is 12.1 Å². The predicted molar refractivity (Wildman–Crippen MR) is 85.3 cm³/mol. The van der Waals surface area contributed by atoms with Gasteiger partial charge in [0, 0.05) is 26.2 Å². The molecule has 5 nitrogen and oxygen atoms in total. The van der Waals surface area contributed by atoms with E-state index in [-0.39, 0.29) is 11.7 Å². The molecule has 1 aromatic rings. The maximum absolute atomic E-state index is 13.7. The van der Waals surface area contributed by atoms with Crippen LogP contribution in [0.2, 0.25) is 0 Å². The lowest BCUT2D eigenvalue weighted by Crippen LogP contribution is -2.46. The Morgan fingerprint density at radius 2 is 2.13 bits per heavy atom. The fraction of sp³-hybridized carbons (Fsp3) is 0.588. The van der Waals surface area contributed by atoms with Crippen molar-refractivity contribution in [1.29, 1.82) is 0 Å². The summed E-state index contributed by atoms with van der Waals surface area (Å²) in [6.07, 6.45) is 0.946. The Hall–Kier alpha value is -1.50. The van der Waals surface area contributed by atoms with Gasteiger partial charge >= 0.3 is 0 Å². The van der Waals surface area contributed by atoms with Gasteiger partial charge in [-0.15, -0.1) is 0 Å². The molecule has 3 rings (SSSR count). The molecule has 2 fully saturated rings. The maximum Gasteiger partial charge on any atom is 0.244 e. The molecule has 0 bridgehead atoms. The Bertz CT molecular complexity index is 548. The molecule has 1 aromatic carbocycles. The lowest BCUT2D eigenvalue weighted by Gasteiger charge is -2.36. The van der Waals surface area contributed by atoms with E-state index in [1.807, 2.05) is 11.0 Å². The predicted octanol–water partition coefficient (Wildman–Crippen LogP) is 1.01. The number of nitrogens with two attached hydrogens (primary N) is 1.